The maximum absolute atomic E-state index is 12.3. The molecule has 0 unspecified atom stereocenters. The number of amides is 8. The number of likely N-dealkylation sites (tertiary alicyclic amines) is 1. The number of halogens is 2. The van der Waals surface area contributed by atoms with Gasteiger partial charge in [0, 0.05) is 38.9 Å². The van der Waals surface area contributed by atoms with Crippen LogP contribution in [0.5, 0.6) is 0 Å². The van der Waals surface area contributed by atoms with Crippen LogP contribution in [-0.4, -0.2) is 170 Å². The Balaban J connectivity index is 0. The molecule has 0 bridgehead atoms. The van der Waals surface area contributed by atoms with Gasteiger partial charge in [-0.15, -0.1) is 0 Å². The average molecular weight is 1050 g/mol. The van der Waals surface area contributed by atoms with Crippen LogP contribution >= 0.6 is 0 Å². The van der Waals surface area contributed by atoms with Gasteiger partial charge in [0.1, 0.15) is 11.1 Å². The number of quaternary nitrogens is 2. The summed E-state index contributed by atoms with van der Waals surface area (Å²) in [4.78, 5) is 77.8. The van der Waals surface area contributed by atoms with Crippen LogP contribution in [-0.2, 0) is 19.2 Å². The quantitative estimate of drug-likeness (QED) is 0.0428. The highest BCUT2D eigenvalue weighted by atomic mass is 35.5. The lowest BCUT2D eigenvalue weighted by Gasteiger charge is -2.30. The van der Waals surface area contributed by atoms with Crippen LogP contribution in [0.3, 0.4) is 0 Å². The Morgan fingerprint density at radius 2 is 0.732 bits per heavy atom. The number of imide groups is 3. The first-order valence-electron chi connectivity index (χ1n) is 27.7. The zero-order valence-corrected chi connectivity index (χ0v) is 49.5. The summed E-state index contributed by atoms with van der Waals surface area (Å²) >= 11 is 0. The van der Waals surface area contributed by atoms with E-state index in [1.54, 1.807) is 27.7 Å². The molecule has 0 radical (unpaired) electrons. The lowest BCUT2D eigenvalue weighted by atomic mass is 9.92. The Bertz CT molecular complexity index is 1470. The number of carbonyl (C=O) groups excluding carboxylic acids is 6. The maximum Gasteiger partial charge on any atom is 0.325 e. The largest absolute Gasteiger partial charge is 1.00 e. The van der Waals surface area contributed by atoms with E-state index in [-0.39, 0.29) is 60.5 Å². The van der Waals surface area contributed by atoms with Crippen LogP contribution < -0.4 is 35.4 Å². The van der Waals surface area contributed by atoms with Crippen molar-refractivity contribution < 1.29 is 62.5 Å². The fourth-order valence-electron chi connectivity index (χ4n) is 9.43. The molecule has 418 valence electrons. The van der Waals surface area contributed by atoms with Crippen molar-refractivity contribution in [1.29, 1.82) is 0 Å². The number of unbranched alkanes of at least 4 members (excludes halogenated alkanes) is 18. The second-order valence-corrected chi connectivity index (χ2v) is 23.9. The smallest absolute Gasteiger partial charge is 0.325 e. The standard InChI is InChI=1S/C23H45N2O2.C22H43N3O2.C10H19N3O2.2ClH/c1-6-7-8-9-10-11-12-13-14-15-18-25(4,5)19-16-17-24-21(26)20-23(2,3)22(24)27;1-6-7-8-9-10-11-12-13-14-15-18-25(4,5)19-16-17-24-20(26)22(2,3)23-21(24)27;1-10(2)8(14)13(9(15)11-10)7-5-6-12(3)4;;/h6-20H2,1-5H3;6-19H2,1-5H3;5-7H2,1-4H3,(H,11,15);2*1H/q+1;;;;/p-1. The normalized spacial score (nSPS) is 17.1. The molecule has 0 aromatic carbocycles. The highest BCUT2D eigenvalue weighted by molar-refractivity contribution is 6.07. The molecule has 14 nitrogen and oxygen atoms in total. The fourth-order valence-corrected chi connectivity index (χ4v) is 9.43. The van der Waals surface area contributed by atoms with Crippen LogP contribution in [0, 0.1) is 5.41 Å². The van der Waals surface area contributed by atoms with Gasteiger partial charge in [0.15, 0.2) is 0 Å². The Morgan fingerprint density at radius 1 is 0.437 bits per heavy atom. The number of nitrogens with zero attached hydrogens (tertiary/aromatic N) is 6. The molecule has 3 aliphatic heterocycles. The first kappa shape index (κ1) is 70.6. The summed E-state index contributed by atoms with van der Waals surface area (Å²) in [7, 11) is 13.0. The van der Waals surface area contributed by atoms with Crippen molar-refractivity contribution in [1.82, 2.24) is 30.2 Å². The van der Waals surface area contributed by atoms with Crippen LogP contribution in [0.2, 0.25) is 0 Å². The van der Waals surface area contributed by atoms with Gasteiger partial charge >= 0.3 is 12.1 Å². The van der Waals surface area contributed by atoms with Gasteiger partial charge < -0.3 is 49.3 Å². The molecule has 0 atom stereocenters. The predicted octanol–water partition coefficient (Wildman–Crippen LogP) is 4.14. The second kappa shape index (κ2) is 35.6. The second-order valence-electron chi connectivity index (χ2n) is 23.9. The van der Waals surface area contributed by atoms with Gasteiger partial charge in [0.05, 0.1) is 59.8 Å². The van der Waals surface area contributed by atoms with Crippen molar-refractivity contribution in [2.45, 2.75) is 221 Å². The number of hydrogen-bond donors (Lipinski definition) is 2. The summed E-state index contributed by atoms with van der Waals surface area (Å²) < 4.78 is 1.95. The molecule has 71 heavy (non-hydrogen) atoms. The Kier molecular flexibility index (Phi) is 35.4. The zero-order chi connectivity index (χ0) is 52.3. The minimum atomic E-state index is -0.753. The summed E-state index contributed by atoms with van der Waals surface area (Å²) in [6.07, 6.45) is 30.3. The summed E-state index contributed by atoms with van der Waals surface area (Å²) in [5.41, 5.74) is -2.00. The lowest BCUT2D eigenvalue weighted by molar-refractivity contribution is -0.890. The minimum absolute atomic E-state index is 0. The van der Waals surface area contributed by atoms with Crippen LogP contribution in [0.25, 0.3) is 0 Å². The number of carbonyl (C=O) groups is 6. The van der Waals surface area contributed by atoms with Crippen LogP contribution in [0.1, 0.15) is 209 Å². The molecule has 0 spiro atoms. The molecule has 0 aromatic heterocycles. The SMILES string of the molecule is CCCCCCCCCCCC[N+](C)(C)CCCN1C(=O)CC(C)(C)C1=O.CCCCCCCCCCCC[N+](C)(C)CCCN1C(=O)NC(C)(C)C1=O.CN(C)CCCN1C(=O)NC(C)(C)C1=O.[Cl-].[Cl-]. The van der Waals surface area contributed by atoms with Crippen molar-refractivity contribution in [3.63, 3.8) is 0 Å². The third kappa shape index (κ3) is 28.7. The lowest BCUT2D eigenvalue weighted by Crippen LogP contribution is -3.00. The monoisotopic (exact) mass is 1050 g/mol. The Labute approximate surface area is 447 Å². The summed E-state index contributed by atoms with van der Waals surface area (Å²) in [6, 6.07) is -0.520. The first-order valence-corrected chi connectivity index (χ1v) is 27.7. The first-order chi connectivity index (χ1) is 32.2. The predicted molar refractivity (Wildman–Crippen MR) is 284 cm³/mol. The average Bonchev–Trinajstić information content (AvgIpc) is 3.67. The van der Waals surface area contributed by atoms with Gasteiger partial charge in [0.25, 0.3) is 11.8 Å². The Hall–Kier alpha value is -2.52. The third-order valence-corrected chi connectivity index (χ3v) is 14.1. The van der Waals surface area contributed by atoms with Gasteiger partial charge in [-0.25, -0.2) is 9.59 Å². The molecule has 2 N–H and O–H groups in total. The molecular weight excluding hydrogens is 940 g/mol. The highest BCUT2D eigenvalue weighted by Crippen LogP contribution is 2.31. The molecule has 3 heterocycles. The van der Waals surface area contributed by atoms with Crippen LogP contribution in [0.4, 0.5) is 9.59 Å². The van der Waals surface area contributed by atoms with Gasteiger partial charge in [-0.3, -0.25) is 33.9 Å². The van der Waals surface area contributed by atoms with Gasteiger partial charge in [0.2, 0.25) is 11.8 Å². The maximum atomic E-state index is 12.3. The van der Waals surface area contributed by atoms with E-state index in [9.17, 15) is 28.8 Å². The van der Waals surface area contributed by atoms with E-state index in [2.05, 4.69) is 52.7 Å². The van der Waals surface area contributed by atoms with E-state index in [1.807, 2.05) is 32.8 Å². The number of hydrogen-bond acceptors (Lipinski definition) is 7. The van der Waals surface area contributed by atoms with E-state index in [1.165, 1.54) is 156 Å². The third-order valence-electron chi connectivity index (χ3n) is 14.1. The summed E-state index contributed by atoms with van der Waals surface area (Å²) in [5.74, 6) is -0.226. The van der Waals surface area contributed by atoms with Crippen LogP contribution in [0.15, 0.2) is 0 Å². The molecule has 8 amide bonds. The zero-order valence-electron chi connectivity index (χ0n) is 48.0. The van der Waals surface area contributed by atoms with Crippen molar-refractivity contribution in [2.24, 2.45) is 5.41 Å². The molecule has 16 heteroatoms. The molecule has 0 saturated carbocycles. The number of nitrogens with one attached hydrogen (secondary N) is 2. The summed E-state index contributed by atoms with van der Waals surface area (Å²) in [6.45, 7) is 22.1. The van der Waals surface area contributed by atoms with Gasteiger partial charge in [-0.1, -0.05) is 130 Å². The molecule has 3 fully saturated rings. The van der Waals surface area contributed by atoms with E-state index in [0.29, 0.717) is 26.1 Å². The van der Waals surface area contributed by atoms with E-state index >= 15 is 0 Å². The van der Waals surface area contributed by atoms with E-state index in [4.69, 9.17) is 0 Å². The minimum Gasteiger partial charge on any atom is -1.00 e. The van der Waals surface area contributed by atoms with Gasteiger partial charge in [-0.05, 0) is 80.4 Å². The topological polar surface area (TPSA) is 139 Å². The fraction of sp³-hybridized carbons (Fsp3) is 0.891. The molecule has 0 aromatic rings. The molecule has 0 aliphatic carbocycles. The van der Waals surface area contributed by atoms with E-state index < -0.39 is 16.5 Å². The number of rotatable bonds is 34. The molecular formula is C55H108Cl2N8O6. The van der Waals surface area contributed by atoms with Crippen molar-refractivity contribution in [3.05, 3.63) is 0 Å². The Morgan fingerprint density at radius 3 is 1.01 bits per heavy atom. The molecule has 3 rings (SSSR count). The van der Waals surface area contributed by atoms with Crippen molar-refractivity contribution in [2.75, 3.05) is 94.6 Å². The molecule has 3 saturated heterocycles. The van der Waals surface area contributed by atoms with Gasteiger partial charge in [-0.2, -0.15) is 0 Å². The number of urea groups is 2. The molecule has 3 aliphatic rings. The summed E-state index contributed by atoms with van der Waals surface area (Å²) in [5, 5.41) is 5.40. The van der Waals surface area contributed by atoms with E-state index in [0.717, 1.165) is 47.9 Å². The van der Waals surface area contributed by atoms with Crippen molar-refractivity contribution >= 4 is 35.7 Å². The highest BCUT2D eigenvalue weighted by Gasteiger charge is 2.46. The van der Waals surface area contributed by atoms with Crippen molar-refractivity contribution in [3.8, 4) is 0 Å².